The van der Waals surface area contributed by atoms with Crippen LogP contribution < -0.4 is 11.1 Å². The molecule has 1 fully saturated rings. The van der Waals surface area contributed by atoms with Gasteiger partial charge in [0.05, 0.1) is 49.6 Å². The minimum atomic E-state index is -1.10. The summed E-state index contributed by atoms with van der Waals surface area (Å²) in [5.41, 5.74) is 7.00. The first-order valence-corrected chi connectivity index (χ1v) is 23.2. The molecule has 2 aromatic heterocycles. The van der Waals surface area contributed by atoms with E-state index >= 15 is 0 Å². The highest BCUT2D eigenvalue weighted by Gasteiger charge is 2.39. The van der Waals surface area contributed by atoms with Gasteiger partial charge in [-0.15, -0.1) is 0 Å². The topological polar surface area (TPSA) is 246 Å². The van der Waals surface area contributed by atoms with Gasteiger partial charge in [-0.25, -0.2) is 14.8 Å². The molecule has 14 atom stereocenters. The maximum absolute atomic E-state index is 14.0. The van der Waals surface area contributed by atoms with Crippen LogP contribution in [-0.2, 0) is 47.5 Å². The Balaban J connectivity index is 1.60. The third-order valence-corrected chi connectivity index (χ3v) is 13.4. The summed E-state index contributed by atoms with van der Waals surface area (Å²) in [6.45, 7) is 12.3. The van der Waals surface area contributed by atoms with Crippen LogP contribution in [-0.4, -0.2) is 142 Å². The van der Waals surface area contributed by atoms with E-state index in [-0.39, 0.29) is 73.9 Å². The molecule has 0 spiro atoms. The fraction of sp³-hybridized carbons (Fsp3) is 0.708. The number of primary amides is 1. The average molecular weight is 946 g/mol. The van der Waals surface area contributed by atoms with E-state index in [4.69, 9.17) is 47.7 Å². The van der Waals surface area contributed by atoms with Gasteiger partial charge < -0.3 is 57.7 Å². The number of aromatic nitrogens is 2. The van der Waals surface area contributed by atoms with E-state index in [9.17, 15) is 24.3 Å². The van der Waals surface area contributed by atoms with Crippen molar-refractivity contribution in [2.75, 3.05) is 48.6 Å². The van der Waals surface area contributed by atoms with Gasteiger partial charge in [0, 0.05) is 72.6 Å². The third-order valence-electron chi connectivity index (χ3n) is 13.4. The maximum Gasteiger partial charge on any atom is 0.405 e. The number of nitrogens with two attached hydrogens (primary N) is 1. The highest BCUT2D eigenvalue weighted by atomic mass is 16.6. The number of aliphatic hydroxyl groups is 1. The summed E-state index contributed by atoms with van der Waals surface area (Å²) in [5.74, 6) is -1.35. The van der Waals surface area contributed by atoms with E-state index in [0.29, 0.717) is 48.7 Å². The van der Waals surface area contributed by atoms with Crippen LogP contribution in [0.1, 0.15) is 104 Å². The fourth-order valence-corrected chi connectivity index (χ4v) is 9.12. The number of carbonyl (C=O) groups excluding carboxylic acids is 4. The number of hydrogen-bond donors (Lipinski definition) is 3. The largest absolute Gasteiger partial charge is 0.462 e. The Morgan fingerprint density at radius 2 is 1.76 bits per heavy atom. The van der Waals surface area contributed by atoms with Gasteiger partial charge in [-0.3, -0.25) is 19.7 Å². The molecule has 4 rings (SSSR count). The number of ketones is 1. The molecule has 0 radical (unpaired) electrons. The van der Waals surface area contributed by atoms with E-state index in [1.54, 1.807) is 59.5 Å². The first-order valence-electron chi connectivity index (χ1n) is 23.2. The molecule has 0 saturated carbocycles. The fourth-order valence-electron chi connectivity index (χ4n) is 9.12. The Morgan fingerprint density at radius 3 is 2.42 bits per heavy atom. The molecule has 19 heteroatoms. The SMILES string of the molecule is CO[C@H]([C@H](C)CCN(C)C=O)[C@@H](C)C(=O)CC[C@H](C)[C@H](C[C@@H]1OC(=O)C[C@@H](OC(N)=O)/C=C(\C)C[C@H](O)[C@H](C)[C@@H](OC)C2COC(N2)c2coc(n2)-c2coc(n2)/C=C/C[C@H](OC)[C@H]1C)OC. The Kier molecular flexibility index (Phi) is 22.1. The quantitative estimate of drug-likeness (QED) is 0.0928. The third kappa shape index (κ3) is 16.0. The van der Waals surface area contributed by atoms with Crippen LogP contribution >= 0.6 is 0 Å². The molecule has 2 aromatic rings. The van der Waals surface area contributed by atoms with Crippen LogP contribution in [0.15, 0.2) is 39.1 Å². The first kappa shape index (κ1) is 55.1. The molecule has 0 aromatic carbocycles. The second-order valence-corrected chi connectivity index (χ2v) is 18.3. The van der Waals surface area contributed by atoms with Crippen molar-refractivity contribution in [1.82, 2.24) is 20.2 Å². The zero-order valence-corrected chi connectivity index (χ0v) is 41.1. The molecule has 19 nitrogen and oxygen atoms in total. The van der Waals surface area contributed by atoms with Crippen molar-refractivity contribution >= 4 is 30.3 Å². The van der Waals surface area contributed by atoms with Gasteiger partial charge in [0.2, 0.25) is 18.2 Å². The predicted octanol–water partition coefficient (Wildman–Crippen LogP) is 5.65. The molecule has 2 amide bonds. The van der Waals surface area contributed by atoms with Gasteiger partial charge >= 0.3 is 12.1 Å². The summed E-state index contributed by atoms with van der Waals surface area (Å²) in [4.78, 5) is 61.5. The normalized spacial score (nSPS) is 29.1. The van der Waals surface area contributed by atoms with Crippen LogP contribution in [0.3, 0.4) is 0 Å². The number of aliphatic hydroxyl groups excluding tert-OH is 1. The number of oxazole rings is 2. The number of nitrogens with one attached hydrogen (secondary N) is 1. The molecule has 2 unspecified atom stereocenters. The van der Waals surface area contributed by atoms with Crippen molar-refractivity contribution in [3.05, 3.63) is 41.8 Å². The van der Waals surface area contributed by atoms with Gasteiger partial charge in [0.15, 0.2) is 11.9 Å². The van der Waals surface area contributed by atoms with Crippen molar-refractivity contribution in [3.8, 4) is 11.6 Å². The van der Waals surface area contributed by atoms with Gasteiger partial charge in [0.1, 0.15) is 36.2 Å². The number of methoxy groups -OCH3 is 4. The van der Waals surface area contributed by atoms with E-state index in [1.165, 1.54) is 12.5 Å². The van der Waals surface area contributed by atoms with Gasteiger partial charge in [0.25, 0.3) is 0 Å². The zero-order chi connectivity index (χ0) is 49.4. The maximum atomic E-state index is 14.0. The zero-order valence-electron chi connectivity index (χ0n) is 41.1. The molecule has 2 aliphatic heterocycles. The van der Waals surface area contributed by atoms with Crippen molar-refractivity contribution in [2.24, 2.45) is 35.3 Å². The Morgan fingerprint density at radius 1 is 1.01 bits per heavy atom. The lowest BCUT2D eigenvalue weighted by Crippen LogP contribution is -2.46. The summed E-state index contributed by atoms with van der Waals surface area (Å²) in [5, 5.41) is 14.8. The number of fused-ring (bicyclic) bond motifs is 8. The first-order chi connectivity index (χ1) is 31.9. The van der Waals surface area contributed by atoms with Gasteiger partial charge in [-0.2, -0.15) is 0 Å². The summed E-state index contributed by atoms with van der Waals surface area (Å²) < 4.78 is 52.9. The number of esters is 1. The van der Waals surface area contributed by atoms with Crippen molar-refractivity contribution < 1.29 is 66.3 Å². The molecule has 6 bridgehead atoms. The molecule has 4 N–H and O–H groups in total. The van der Waals surface area contributed by atoms with Crippen LogP contribution in [0.2, 0.25) is 0 Å². The summed E-state index contributed by atoms with van der Waals surface area (Å²) >= 11 is 0. The average Bonchev–Trinajstić information content (AvgIpc) is 4.09. The standard InChI is InChI=1S/C48H75N5O14/c1-27-19-33(66-48(49)58)21-43(57)67-41(22-40(60-9)28(2)15-16-37(55)30(4)44(61-10)29(3)17-18-53(7)26-54)32(6)39(59-8)13-12-14-42-50-35(24-63-42)46-52-36(25-65-46)47-51-34(23-64-47)45(62-11)31(5)38(56)20-27/h12,14,19,24-26,28-34,38-41,44-45,47,51,56H,13,15-18,20-23H2,1-11H3,(H2,49,58)/b14-12+,27-19+/t28-,29+,30-,31-,32+,33-,34?,38-,39-,40-,41-,44+,45+,47?/m0/s1. The summed E-state index contributed by atoms with van der Waals surface area (Å²) in [6, 6.07) is -0.308. The summed E-state index contributed by atoms with van der Waals surface area (Å²) in [7, 11) is 8.05. The monoisotopic (exact) mass is 946 g/mol. The molecule has 67 heavy (non-hydrogen) atoms. The van der Waals surface area contributed by atoms with Gasteiger partial charge in [-0.1, -0.05) is 46.3 Å². The van der Waals surface area contributed by atoms with Crippen LogP contribution in [0.5, 0.6) is 0 Å². The molecule has 1 saturated heterocycles. The molecule has 376 valence electrons. The number of hydrogen-bond acceptors (Lipinski definition) is 17. The smallest absolute Gasteiger partial charge is 0.405 e. The number of cyclic esters (lactones) is 1. The van der Waals surface area contributed by atoms with Crippen LogP contribution in [0, 0.1) is 29.6 Å². The Hall–Kier alpha value is -4.50. The van der Waals surface area contributed by atoms with Crippen molar-refractivity contribution in [2.45, 2.75) is 141 Å². The number of rotatable bonds is 18. The van der Waals surface area contributed by atoms with E-state index in [1.807, 2.05) is 40.7 Å². The lowest BCUT2D eigenvalue weighted by atomic mass is 9.84. The number of ether oxygens (including phenoxy) is 7. The van der Waals surface area contributed by atoms with Crippen molar-refractivity contribution in [1.29, 1.82) is 0 Å². The number of Topliss-reactive ketones (excluding diaryl/α,β-unsaturated/α-hetero) is 1. The van der Waals surface area contributed by atoms with E-state index < -0.39 is 66.8 Å². The van der Waals surface area contributed by atoms with Gasteiger partial charge in [-0.05, 0) is 56.6 Å². The second-order valence-electron chi connectivity index (χ2n) is 18.3. The Labute approximate surface area is 394 Å². The Bertz CT molecular complexity index is 1920. The minimum Gasteiger partial charge on any atom is -0.462 e. The second kappa shape index (κ2) is 26.9. The number of amides is 2. The van der Waals surface area contributed by atoms with Crippen molar-refractivity contribution in [3.63, 3.8) is 0 Å². The minimum absolute atomic E-state index is 0.0373. The summed E-state index contributed by atoms with van der Waals surface area (Å²) in [6.07, 6.45) is 4.59. The number of carbonyl (C=O) groups is 4. The molecule has 2 aliphatic rings. The molecular weight excluding hydrogens is 871 g/mol. The predicted molar refractivity (Wildman–Crippen MR) is 246 cm³/mol. The lowest BCUT2D eigenvalue weighted by molar-refractivity contribution is -0.159. The highest BCUT2D eigenvalue weighted by Crippen LogP contribution is 2.32. The molecule has 4 heterocycles. The lowest BCUT2D eigenvalue weighted by Gasteiger charge is -2.34. The molecule has 0 aliphatic carbocycles. The van der Waals surface area contributed by atoms with E-state index in [2.05, 4.69) is 15.3 Å². The number of nitrogens with zero attached hydrogens (tertiary/aromatic N) is 3. The van der Waals surface area contributed by atoms with E-state index in [0.717, 1.165) is 6.41 Å². The molecular formula is C48H75N5O14. The van der Waals surface area contributed by atoms with Crippen LogP contribution in [0.4, 0.5) is 4.79 Å². The van der Waals surface area contributed by atoms with Crippen LogP contribution in [0.25, 0.3) is 17.7 Å². The highest BCUT2D eigenvalue weighted by molar-refractivity contribution is 5.81.